The van der Waals surface area contributed by atoms with Crippen molar-refractivity contribution in [1.29, 1.82) is 0 Å². The Bertz CT molecular complexity index is 1050. The quantitative estimate of drug-likeness (QED) is 0.455. The van der Waals surface area contributed by atoms with E-state index in [1.807, 2.05) is 0 Å². The predicted octanol–water partition coefficient (Wildman–Crippen LogP) is 6.49. The largest absolute Gasteiger partial charge is 0.482 e. The molecule has 0 bridgehead atoms. The fraction of sp³-hybridized carbons (Fsp3) is 0.444. The maximum atomic E-state index is 13.2. The summed E-state index contributed by atoms with van der Waals surface area (Å²) in [5, 5.41) is -1.22. The molecule has 178 valence electrons. The van der Waals surface area contributed by atoms with Gasteiger partial charge in [-0.1, -0.05) is 25.4 Å². The van der Waals surface area contributed by atoms with E-state index in [4.69, 9.17) is 16.3 Å². The van der Waals surface area contributed by atoms with Crippen molar-refractivity contribution >= 4 is 17.3 Å². The molecule has 0 saturated heterocycles. The van der Waals surface area contributed by atoms with Crippen LogP contribution in [0.25, 0.3) is 0 Å². The van der Waals surface area contributed by atoms with Gasteiger partial charge in [-0.3, -0.25) is 4.57 Å². The molecule has 0 spiro atoms. The van der Waals surface area contributed by atoms with Crippen LogP contribution >= 0.6 is 11.6 Å². The number of rotatable bonds is 4. The number of halogens is 10. The molecule has 32 heavy (non-hydrogen) atoms. The zero-order valence-electron chi connectivity index (χ0n) is 16.5. The fourth-order valence-electron chi connectivity index (χ4n) is 2.60. The molecule has 1 aromatic carbocycles. The maximum absolute atomic E-state index is 13.2. The first-order valence-electron chi connectivity index (χ1n) is 8.71. The summed E-state index contributed by atoms with van der Waals surface area (Å²) in [6, 6.07) is 0.533. The van der Waals surface area contributed by atoms with Crippen molar-refractivity contribution in [3.8, 4) is 5.88 Å². The van der Waals surface area contributed by atoms with E-state index in [-0.39, 0.29) is 24.6 Å². The first-order chi connectivity index (χ1) is 14.4. The summed E-state index contributed by atoms with van der Waals surface area (Å²) in [4.78, 5) is 6.86. The highest BCUT2D eigenvalue weighted by atomic mass is 35.5. The first-order valence-corrected chi connectivity index (χ1v) is 9.08. The Morgan fingerprint density at radius 3 is 2.00 bits per heavy atom. The van der Waals surface area contributed by atoms with Gasteiger partial charge in [0.1, 0.15) is 0 Å². The fourth-order valence-corrected chi connectivity index (χ4v) is 2.86. The van der Waals surface area contributed by atoms with Crippen molar-refractivity contribution in [1.82, 2.24) is 9.55 Å². The Kier molecular flexibility index (Phi) is 7.13. The highest BCUT2D eigenvalue weighted by molar-refractivity contribution is 6.33. The number of benzene rings is 1. The highest BCUT2D eigenvalue weighted by Gasteiger charge is 2.39. The van der Waals surface area contributed by atoms with Crippen molar-refractivity contribution in [2.45, 2.75) is 38.9 Å². The maximum Gasteiger partial charge on any atom is 0.433 e. The summed E-state index contributed by atoms with van der Waals surface area (Å²) in [6.45, 7) is 3.26. The lowest BCUT2D eigenvalue weighted by Crippen LogP contribution is -2.30. The van der Waals surface area contributed by atoms with Crippen molar-refractivity contribution < 1.29 is 44.3 Å². The number of aromatic nitrogens is 2. The lowest BCUT2D eigenvalue weighted by Gasteiger charge is -2.18. The minimum Gasteiger partial charge on any atom is -0.482 e. The van der Waals surface area contributed by atoms with Crippen LogP contribution in [0.1, 0.15) is 30.7 Å². The molecule has 0 saturated carbocycles. The third-order valence-corrected chi connectivity index (χ3v) is 4.34. The predicted molar refractivity (Wildman–Crippen MR) is 95.3 cm³/mol. The van der Waals surface area contributed by atoms with Gasteiger partial charge in [-0.25, -0.2) is 9.98 Å². The minimum absolute atomic E-state index is 0.0597. The Morgan fingerprint density at radius 2 is 1.56 bits per heavy atom. The third kappa shape index (κ3) is 5.87. The van der Waals surface area contributed by atoms with Crippen molar-refractivity contribution in [2.24, 2.45) is 10.9 Å². The van der Waals surface area contributed by atoms with Gasteiger partial charge in [0.05, 0.1) is 28.9 Å². The molecule has 0 unspecified atom stereocenters. The molecule has 0 fully saturated rings. The first kappa shape index (κ1) is 25.8. The minimum atomic E-state index is -5.28. The van der Waals surface area contributed by atoms with E-state index in [0.29, 0.717) is 6.07 Å². The van der Waals surface area contributed by atoms with E-state index in [2.05, 4.69) is 9.98 Å². The Morgan fingerprint density at radius 1 is 0.969 bits per heavy atom. The van der Waals surface area contributed by atoms with Crippen molar-refractivity contribution in [2.75, 3.05) is 7.11 Å². The summed E-state index contributed by atoms with van der Waals surface area (Å²) >= 11 is 5.66. The number of ether oxygens (including phenoxy) is 1. The summed E-state index contributed by atoms with van der Waals surface area (Å²) in [5.74, 6) is -0.636. The lowest BCUT2D eigenvalue weighted by molar-refractivity contribution is -0.143. The van der Waals surface area contributed by atoms with Crippen molar-refractivity contribution in [3.63, 3.8) is 0 Å². The smallest absolute Gasteiger partial charge is 0.433 e. The number of hydrogen-bond acceptors (Lipinski definition) is 3. The van der Waals surface area contributed by atoms with Crippen LogP contribution in [0.3, 0.4) is 0 Å². The molecular weight excluding hydrogens is 481 g/mol. The molecule has 4 nitrogen and oxygen atoms in total. The summed E-state index contributed by atoms with van der Waals surface area (Å²) in [5.41, 5.74) is -6.98. The van der Waals surface area contributed by atoms with Gasteiger partial charge < -0.3 is 4.74 Å². The second kappa shape index (κ2) is 8.83. The average Bonchev–Trinajstić information content (AvgIpc) is 2.61. The van der Waals surface area contributed by atoms with Crippen molar-refractivity contribution in [3.05, 3.63) is 45.7 Å². The van der Waals surface area contributed by atoms with E-state index >= 15 is 0 Å². The normalized spacial score (nSPS) is 13.8. The molecular formula is C18H15ClF9N3O. The second-order valence-electron chi connectivity index (χ2n) is 6.95. The van der Waals surface area contributed by atoms with Crippen LogP contribution < -0.4 is 10.4 Å². The van der Waals surface area contributed by atoms with Gasteiger partial charge in [0, 0.05) is 12.6 Å². The molecule has 0 aliphatic rings. The highest BCUT2D eigenvalue weighted by Crippen LogP contribution is 2.43. The molecule has 0 aliphatic heterocycles. The zero-order valence-corrected chi connectivity index (χ0v) is 17.3. The number of hydrogen-bond donors (Lipinski definition) is 0. The monoisotopic (exact) mass is 495 g/mol. The topological polar surface area (TPSA) is 39.4 Å². The van der Waals surface area contributed by atoms with Crippen LogP contribution in [-0.2, 0) is 25.1 Å². The van der Waals surface area contributed by atoms with E-state index in [0.717, 1.165) is 11.7 Å². The second-order valence-corrected chi connectivity index (χ2v) is 7.33. The van der Waals surface area contributed by atoms with E-state index in [9.17, 15) is 39.5 Å². The van der Waals surface area contributed by atoms with Gasteiger partial charge in [-0.05, 0) is 18.1 Å². The molecule has 14 heteroatoms. The number of methoxy groups -OCH3 is 1. The van der Waals surface area contributed by atoms with Crippen LogP contribution in [0.2, 0.25) is 5.02 Å². The van der Waals surface area contributed by atoms with Crippen LogP contribution in [0, 0.1) is 5.92 Å². The molecule has 2 rings (SSSR count). The molecule has 0 N–H and O–H groups in total. The number of alkyl halides is 9. The third-order valence-electron chi connectivity index (χ3n) is 3.94. The molecule has 0 atom stereocenters. The van der Waals surface area contributed by atoms with Gasteiger partial charge >= 0.3 is 18.5 Å². The number of nitrogens with zero attached hydrogens (tertiary/aromatic N) is 3. The Hall–Kier alpha value is -2.44. The van der Waals surface area contributed by atoms with Gasteiger partial charge in [-0.15, -0.1) is 0 Å². The molecule has 0 radical (unpaired) electrons. The molecule has 1 heterocycles. The molecule has 0 aliphatic carbocycles. The van der Waals surface area contributed by atoms with Gasteiger partial charge in [0.25, 0.3) is 0 Å². The van der Waals surface area contributed by atoms with Crippen LogP contribution in [0.15, 0.2) is 23.2 Å². The standard InChI is InChI=1S/C18H15ClF9N3O/c1-8(2)7-31-13(32-3)6-12(18(26,27)28)30-15(31)29-11-5-9(16(20,21)22)4-10(14(11)19)17(23,24)25/h4-6,8H,7H2,1-3H3. The molecule has 1 aromatic heterocycles. The summed E-state index contributed by atoms with van der Waals surface area (Å²) in [6.07, 6.45) is -15.5. The van der Waals surface area contributed by atoms with E-state index in [1.54, 1.807) is 13.8 Å². The Balaban J connectivity index is 2.98. The molecule has 0 amide bonds. The SMILES string of the molecule is COc1cc(C(F)(F)F)nc(=Nc2cc(C(F)(F)F)cc(C(F)(F)F)c2Cl)n1CC(C)C. The van der Waals surface area contributed by atoms with Gasteiger partial charge in [-0.2, -0.15) is 39.5 Å². The summed E-state index contributed by atoms with van der Waals surface area (Å²) < 4.78 is 125. The van der Waals surface area contributed by atoms with E-state index < -0.39 is 57.6 Å². The van der Waals surface area contributed by atoms with Crippen LogP contribution in [-0.4, -0.2) is 16.7 Å². The van der Waals surface area contributed by atoms with Crippen LogP contribution in [0.4, 0.5) is 45.2 Å². The molecule has 2 aromatic rings. The van der Waals surface area contributed by atoms with Gasteiger partial charge in [0.2, 0.25) is 5.62 Å². The van der Waals surface area contributed by atoms with E-state index in [1.165, 1.54) is 0 Å². The Labute approximate surface area is 180 Å². The lowest BCUT2D eigenvalue weighted by atomic mass is 10.1. The average molecular weight is 496 g/mol. The van der Waals surface area contributed by atoms with Gasteiger partial charge in [0.15, 0.2) is 11.6 Å². The summed E-state index contributed by atoms with van der Waals surface area (Å²) in [7, 11) is 1.04. The van der Waals surface area contributed by atoms with Crippen LogP contribution in [0.5, 0.6) is 5.88 Å². The zero-order chi connectivity index (χ0) is 24.6.